The van der Waals surface area contributed by atoms with Crippen LogP contribution in [0.5, 0.6) is 0 Å². The van der Waals surface area contributed by atoms with Gasteiger partial charge in [0, 0.05) is 5.56 Å². The zero-order chi connectivity index (χ0) is 23.2. The lowest BCUT2D eigenvalue weighted by Gasteiger charge is -2.14. The molecule has 0 bridgehead atoms. The van der Waals surface area contributed by atoms with Crippen LogP contribution in [0.2, 0.25) is 0 Å². The van der Waals surface area contributed by atoms with E-state index in [4.69, 9.17) is 9.26 Å². The van der Waals surface area contributed by atoms with Crippen LogP contribution in [0.4, 0.5) is 10.5 Å². The summed E-state index contributed by atoms with van der Waals surface area (Å²) in [7, 11) is 0. The number of ether oxygens (including phenoxy) is 1. The maximum atomic E-state index is 12.3. The van der Waals surface area contributed by atoms with E-state index in [1.165, 1.54) is 0 Å². The van der Waals surface area contributed by atoms with E-state index in [1.807, 2.05) is 31.2 Å². The van der Waals surface area contributed by atoms with E-state index in [2.05, 4.69) is 41.3 Å². The average molecular weight is 445 g/mol. The van der Waals surface area contributed by atoms with Gasteiger partial charge in [-0.1, -0.05) is 60.3 Å². The van der Waals surface area contributed by atoms with Gasteiger partial charge in [-0.05, 0) is 62.1 Å². The van der Waals surface area contributed by atoms with Gasteiger partial charge in [0.1, 0.15) is 17.5 Å². The zero-order valence-electron chi connectivity index (χ0n) is 18.9. The molecule has 0 aliphatic heterocycles. The predicted octanol–water partition coefficient (Wildman–Crippen LogP) is 6.77. The zero-order valence-corrected chi connectivity index (χ0v) is 18.9. The Labute approximate surface area is 193 Å². The summed E-state index contributed by atoms with van der Waals surface area (Å²) in [6, 6.07) is 16.2. The number of anilines is 1. The molecular formula is C27H28N2O4. The monoisotopic (exact) mass is 444 g/mol. The molecule has 2 fully saturated rings. The molecule has 170 valence electrons. The second kappa shape index (κ2) is 8.10. The van der Waals surface area contributed by atoms with E-state index in [0.717, 1.165) is 47.9 Å². The lowest BCUT2D eigenvalue weighted by molar-refractivity contribution is 0.108. The van der Waals surface area contributed by atoms with Crippen molar-refractivity contribution in [1.82, 2.24) is 5.16 Å². The molecule has 1 atom stereocenters. The van der Waals surface area contributed by atoms with E-state index in [-0.39, 0.29) is 17.3 Å². The first-order valence-electron chi connectivity index (χ1n) is 11.4. The predicted molar refractivity (Wildman–Crippen MR) is 127 cm³/mol. The number of carbonyl (C=O) groups excluding carboxylic acids is 1. The summed E-state index contributed by atoms with van der Waals surface area (Å²) in [5.74, 6) is 1.22. The van der Waals surface area contributed by atoms with Gasteiger partial charge in [0.2, 0.25) is 0 Å². The van der Waals surface area contributed by atoms with E-state index in [1.54, 1.807) is 6.92 Å². The van der Waals surface area contributed by atoms with Crippen molar-refractivity contribution in [3.05, 3.63) is 72.1 Å². The Balaban J connectivity index is 1.32. The van der Waals surface area contributed by atoms with Gasteiger partial charge in [-0.3, -0.25) is 5.32 Å². The van der Waals surface area contributed by atoms with Crippen molar-refractivity contribution in [1.29, 1.82) is 0 Å². The molecule has 1 aromatic heterocycles. The summed E-state index contributed by atoms with van der Waals surface area (Å²) in [6.45, 7) is 7.46. The minimum Gasteiger partial charge on any atom is -0.512 e. The third kappa shape index (κ3) is 4.13. The van der Waals surface area contributed by atoms with Crippen LogP contribution in [0.25, 0.3) is 22.5 Å². The minimum absolute atomic E-state index is 0.0930. The van der Waals surface area contributed by atoms with Gasteiger partial charge < -0.3 is 14.4 Å². The van der Waals surface area contributed by atoms with Gasteiger partial charge in [-0.2, -0.15) is 0 Å². The number of aryl methyl sites for hydroxylation is 1. The molecule has 6 heteroatoms. The van der Waals surface area contributed by atoms with E-state index < -0.39 is 6.09 Å². The highest BCUT2D eigenvalue weighted by atomic mass is 16.6. The SMILES string of the molecule is C=C(O)C1(c2ccc(-c3ccc(-c4onc(C)c4NC(=O)O[C@H](C)C4CC4)cc3)cc2)CC1. The standard InChI is InChI=1S/C27H28N2O4/c1-16-24(28-26(31)32-17(2)19-4-5-19)25(33-29-16)22-8-6-20(7-9-22)21-10-12-23(13-11-21)27(14-15-27)18(3)30/h6-13,17,19,30H,3-5,14-15H2,1-2H3,(H,28,31)/t17-/m1/s1. The topological polar surface area (TPSA) is 84.6 Å². The summed E-state index contributed by atoms with van der Waals surface area (Å²) >= 11 is 0. The first kappa shape index (κ1) is 21.3. The molecule has 1 amide bonds. The number of rotatable bonds is 7. The Morgan fingerprint density at radius 3 is 2.24 bits per heavy atom. The van der Waals surface area contributed by atoms with Crippen molar-refractivity contribution in [2.45, 2.75) is 51.0 Å². The van der Waals surface area contributed by atoms with Crippen LogP contribution in [-0.2, 0) is 10.2 Å². The highest BCUT2D eigenvalue weighted by molar-refractivity contribution is 5.91. The number of aromatic nitrogens is 1. The maximum Gasteiger partial charge on any atom is 0.412 e. The normalized spacial score (nSPS) is 17.3. The first-order valence-corrected chi connectivity index (χ1v) is 11.4. The van der Waals surface area contributed by atoms with Gasteiger partial charge >= 0.3 is 6.09 Å². The number of nitrogens with one attached hydrogen (secondary N) is 1. The van der Waals surface area contributed by atoms with Crippen molar-refractivity contribution in [3.8, 4) is 22.5 Å². The van der Waals surface area contributed by atoms with Crippen LogP contribution >= 0.6 is 0 Å². The van der Waals surface area contributed by atoms with Crippen LogP contribution in [0.15, 0.2) is 65.4 Å². The molecular weight excluding hydrogens is 416 g/mol. The fourth-order valence-electron chi connectivity index (χ4n) is 4.34. The molecule has 2 saturated carbocycles. The molecule has 0 radical (unpaired) electrons. The number of benzene rings is 2. The molecule has 1 heterocycles. The number of hydrogen-bond acceptors (Lipinski definition) is 5. The van der Waals surface area contributed by atoms with Crippen LogP contribution in [-0.4, -0.2) is 22.5 Å². The largest absolute Gasteiger partial charge is 0.512 e. The smallest absolute Gasteiger partial charge is 0.412 e. The van der Waals surface area contributed by atoms with Gasteiger partial charge in [0.05, 0.1) is 11.2 Å². The molecule has 0 saturated heterocycles. The van der Waals surface area contributed by atoms with Crippen molar-refractivity contribution in [2.75, 3.05) is 5.32 Å². The molecule has 33 heavy (non-hydrogen) atoms. The average Bonchev–Trinajstić information content (AvgIpc) is 3.73. The number of allylic oxidation sites excluding steroid dienone is 1. The Kier molecular flexibility index (Phi) is 5.23. The summed E-state index contributed by atoms with van der Waals surface area (Å²) in [4.78, 5) is 12.3. The van der Waals surface area contributed by atoms with E-state index in [9.17, 15) is 9.90 Å². The number of aliphatic hydroxyl groups excluding tert-OH is 1. The quantitative estimate of drug-likeness (QED) is 0.393. The van der Waals surface area contributed by atoms with Crippen molar-refractivity contribution >= 4 is 11.8 Å². The van der Waals surface area contributed by atoms with Gasteiger partial charge in [-0.15, -0.1) is 0 Å². The highest BCUT2D eigenvalue weighted by Gasteiger charge is 2.47. The van der Waals surface area contributed by atoms with Gasteiger partial charge in [0.15, 0.2) is 5.76 Å². The number of nitrogens with zero attached hydrogens (tertiary/aromatic N) is 1. The summed E-state index contributed by atoms with van der Waals surface area (Å²) < 4.78 is 11.0. The van der Waals surface area contributed by atoms with Crippen LogP contribution < -0.4 is 5.32 Å². The Hall–Kier alpha value is -3.54. The third-order valence-electron chi connectivity index (χ3n) is 6.89. The second-order valence-corrected chi connectivity index (χ2v) is 9.23. The number of aliphatic hydroxyl groups is 1. The molecule has 2 aliphatic rings. The van der Waals surface area contributed by atoms with Crippen LogP contribution in [0, 0.1) is 12.8 Å². The van der Waals surface area contributed by atoms with E-state index in [0.29, 0.717) is 23.1 Å². The maximum absolute atomic E-state index is 12.3. The van der Waals surface area contributed by atoms with Crippen LogP contribution in [0.1, 0.15) is 43.9 Å². The molecule has 2 aromatic carbocycles. The lowest BCUT2D eigenvalue weighted by Crippen LogP contribution is -2.21. The van der Waals surface area contributed by atoms with Gasteiger partial charge in [-0.25, -0.2) is 4.79 Å². The Bertz CT molecular complexity index is 1190. The fraction of sp³-hybridized carbons (Fsp3) is 0.333. The summed E-state index contributed by atoms with van der Waals surface area (Å²) in [5.41, 5.74) is 4.92. The molecule has 2 aliphatic carbocycles. The molecule has 0 spiro atoms. The third-order valence-corrected chi connectivity index (χ3v) is 6.89. The first-order chi connectivity index (χ1) is 15.9. The van der Waals surface area contributed by atoms with Crippen molar-refractivity contribution in [3.63, 3.8) is 0 Å². The number of amides is 1. The molecule has 5 rings (SSSR count). The lowest BCUT2D eigenvalue weighted by atomic mass is 9.92. The molecule has 2 N–H and O–H groups in total. The van der Waals surface area contributed by atoms with Crippen molar-refractivity contribution in [2.24, 2.45) is 5.92 Å². The number of hydrogen-bond donors (Lipinski definition) is 2. The minimum atomic E-state index is -0.488. The van der Waals surface area contributed by atoms with Gasteiger partial charge in [0.25, 0.3) is 0 Å². The summed E-state index contributed by atoms with van der Waals surface area (Å²) in [6.07, 6.45) is 3.52. The number of carbonyl (C=O) groups is 1. The van der Waals surface area contributed by atoms with Crippen LogP contribution in [0.3, 0.4) is 0 Å². The highest BCUT2D eigenvalue weighted by Crippen LogP contribution is 2.52. The Morgan fingerprint density at radius 1 is 1.12 bits per heavy atom. The van der Waals surface area contributed by atoms with E-state index >= 15 is 0 Å². The molecule has 0 unspecified atom stereocenters. The molecule has 3 aromatic rings. The van der Waals surface area contributed by atoms with Crippen molar-refractivity contribution < 1.29 is 19.2 Å². The molecule has 6 nitrogen and oxygen atoms in total. The second-order valence-electron chi connectivity index (χ2n) is 9.23. The fourth-order valence-corrected chi connectivity index (χ4v) is 4.34. The Morgan fingerprint density at radius 2 is 1.70 bits per heavy atom. The summed E-state index contributed by atoms with van der Waals surface area (Å²) in [5, 5.41) is 16.8.